The van der Waals surface area contributed by atoms with Crippen LogP contribution in [0.3, 0.4) is 0 Å². The quantitative estimate of drug-likeness (QED) is 0.425. The zero-order chi connectivity index (χ0) is 25.5. The van der Waals surface area contributed by atoms with E-state index in [1.54, 1.807) is 4.90 Å². The second kappa shape index (κ2) is 9.51. The summed E-state index contributed by atoms with van der Waals surface area (Å²) in [5, 5.41) is 0. The molecule has 2 saturated heterocycles. The first-order valence-electron chi connectivity index (χ1n) is 10.9. The van der Waals surface area contributed by atoms with Crippen LogP contribution in [0.25, 0.3) is 0 Å². The van der Waals surface area contributed by atoms with Crippen molar-refractivity contribution in [2.24, 2.45) is 5.92 Å². The summed E-state index contributed by atoms with van der Waals surface area (Å²) in [6, 6.07) is 4.28. The summed E-state index contributed by atoms with van der Waals surface area (Å²) in [5.41, 5.74) is -0.648. The lowest BCUT2D eigenvalue weighted by Gasteiger charge is -2.43. The highest BCUT2D eigenvalue weighted by Crippen LogP contribution is 2.37. The standard InChI is InChI=1S/C22H25F5N4O3S/c1-13-16(31-7-6-22(12-31,34-2)11-30-9-14(10-30)21(26)27)8-15(23)20(19(13)25)35(32,33)29-18-5-3-4-17(24)28-18/h3-5,8,14,21H,6-7,9-12H2,1-2H3,(H,28,29)/t22-/m1/s1. The molecule has 0 unspecified atom stereocenters. The number of ether oxygens (including phenoxy) is 1. The minimum absolute atomic E-state index is 0.0902. The van der Waals surface area contributed by atoms with Crippen molar-refractivity contribution in [3.8, 4) is 0 Å². The normalized spacial score (nSPS) is 21.5. The van der Waals surface area contributed by atoms with Crippen LogP contribution in [0.1, 0.15) is 12.0 Å². The fourth-order valence-electron chi connectivity index (χ4n) is 4.63. The number of halogens is 5. The van der Waals surface area contributed by atoms with Crippen molar-refractivity contribution in [2.75, 3.05) is 49.5 Å². The van der Waals surface area contributed by atoms with Crippen LogP contribution in [0, 0.1) is 30.4 Å². The van der Waals surface area contributed by atoms with Gasteiger partial charge in [-0.15, -0.1) is 0 Å². The van der Waals surface area contributed by atoms with E-state index < -0.39 is 56.3 Å². The highest BCUT2D eigenvalue weighted by molar-refractivity contribution is 7.92. The number of hydrogen-bond acceptors (Lipinski definition) is 6. The van der Waals surface area contributed by atoms with Crippen molar-refractivity contribution in [1.29, 1.82) is 0 Å². The number of alkyl halides is 2. The number of rotatable bonds is 8. The third kappa shape index (κ3) is 5.07. The van der Waals surface area contributed by atoms with E-state index in [1.807, 2.05) is 9.62 Å². The molecule has 13 heteroatoms. The lowest BCUT2D eigenvalue weighted by Crippen LogP contribution is -2.56. The van der Waals surface area contributed by atoms with Crippen LogP contribution < -0.4 is 9.62 Å². The second-order valence-electron chi connectivity index (χ2n) is 8.94. The third-order valence-electron chi connectivity index (χ3n) is 6.56. The lowest BCUT2D eigenvalue weighted by atomic mass is 9.95. The summed E-state index contributed by atoms with van der Waals surface area (Å²) >= 11 is 0. The molecule has 7 nitrogen and oxygen atoms in total. The van der Waals surface area contributed by atoms with Gasteiger partial charge in [0.1, 0.15) is 11.6 Å². The van der Waals surface area contributed by atoms with E-state index in [1.165, 1.54) is 20.1 Å². The van der Waals surface area contributed by atoms with E-state index in [4.69, 9.17) is 4.74 Å². The lowest BCUT2D eigenvalue weighted by molar-refractivity contribution is -0.0772. The van der Waals surface area contributed by atoms with Gasteiger partial charge in [-0.05, 0) is 31.5 Å². The number of aromatic nitrogens is 1. The molecule has 2 fully saturated rings. The summed E-state index contributed by atoms with van der Waals surface area (Å²) in [4.78, 5) is 5.71. The molecule has 1 N–H and O–H groups in total. The first-order chi connectivity index (χ1) is 16.4. The summed E-state index contributed by atoms with van der Waals surface area (Å²) < 4.78 is 102. The highest BCUT2D eigenvalue weighted by Gasteiger charge is 2.44. The van der Waals surface area contributed by atoms with Crippen LogP contribution in [0.15, 0.2) is 29.2 Å². The van der Waals surface area contributed by atoms with Gasteiger partial charge in [-0.3, -0.25) is 9.62 Å². The Balaban J connectivity index is 1.55. The van der Waals surface area contributed by atoms with Gasteiger partial charge in [-0.25, -0.2) is 31.0 Å². The van der Waals surface area contributed by atoms with Crippen molar-refractivity contribution < 1.29 is 35.1 Å². The Bertz CT molecular complexity index is 1210. The van der Waals surface area contributed by atoms with E-state index in [0.29, 0.717) is 19.5 Å². The molecule has 0 radical (unpaired) electrons. The molecule has 1 aromatic heterocycles. The largest absolute Gasteiger partial charge is 0.375 e. The Labute approximate surface area is 199 Å². The Morgan fingerprint density at radius 2 is 1.97 bits per heavy atom. The molecule has 4 rings (SSSR count). The number of hydrogen-bond donors (Lipinski definition) is 1. The maximum Gasteiger partial charge on any atom is 0.268 e. The second-order valence-corrected chi connectivity index (χ2v) is 10.6. The molecule has 0 aliphatic carbocycles. The minimum atomic E-state index is -4.75. The van der Waals surface area contributed by atoms with Crippen molar-refractivity contribution in [2.45, 2.75) is 30.3 Å². The number of nitrogens with one attached hydrogen (secondary N) is 1. The van der Waals surface area contributed by atoms with Gasteiger partial charge in [0.2, 0.25) is 12.4 Å². The first kappa shape index (κ1) is 25.6. The molecular formula is C22H25F5N4O3S. The maximum atomic E-state index is 15.2. The minimum Gasteiger partial charge on any atom is -0.375 e. The van der Waals surface area contributed by atoms with Crippen molar-refractivity contribution >= 4 is 21.5 Å². The predicted molar refractivity (Wildman–Crippen MR) is 119 cm³/mol. The summed E-state index contributed by atoms with van der Waals surface area (Å²) in [7, 11) is -3.24. The maximum absolute atomic E-state index is 15.2. The fraction of sp³-hybridized carbons (Fsp3) is 0.500. The van der Waals surface area contributed by atoms with Gasteiger partial charge in [-0.2, -0.15) is 4.39 Å². The molecule has 0 bridgehead atoms. The highest BCUT2D eigenvalue weighted by atomic mass is 32.2. The molecule has 192 valence electrons. The number of methoxy groups -OCH3 is 1. The van der Waals surface area contributed by atoms with E-state index in [-0.39, 0.29) is 30.9 Å². The van der Waals surface area contributed by atoms with E-state index in [9.17, 15) is 26.0 Å². The number of likely N-dealkylation sites (tertiary alicyclic amines) is 1. The van der Waals surface area contributed by atoms with Gasteiger partial charge >= 0.3 is 0 Å². The van der Waals surface area contributed by atoms with Gasteiger partial charge in [0.25, 0.3) is 10.0 Å². The number of nitrogens with zero attached hydrogens (tertiary/aromatic N) is 3. The van der Waals surface area contributed by atoms with E-state index in [2.05, 4.69) is 4.98 Å². The molecule has 0 saturated carbocycles. The van der Waals surface area contributed by atoms with Crippen molar-refractivity contribution in [1.82, 2.24) is 9.88 Å². The zero-order valence-corrected chi connectivity index (χ0v) is 19.9. The molecule has 1 atom stereocenters. The summed E-state index contributed by atoms with van der Waals surface area (Å²) in [6.07, 6.45) is -1.88. The monoisotopic (exact) mass is 520 g/mol. The van der Waals surface area contributed by atoms with Crippen molar-refractivity contribution in [3.63, 3.8) is 0 Å². The Morgan fingerprint density at radius 1 is 1.26 bits per heavy atom. The number of pyridine rings is 1. The van der Waals surface area contributed by atoms with Crippen LogP contribution >= 0.6 is 0 Å². The molecule has 0 amide bonds. The van der Waals surface area contributed by atoms with Crippen LogP contribution in [0.2, 0.25) is 0 Å². The first-order valence-corrected chi connectivity index (χ1v) is 12.4. The van der Waals surface area contributed by atoms with E-state index in [0.717, 1.165) is 18.2 Å². The number of sulfonamides is 1. The average Bonchev–Trinajstić information content (AvgIpc) is 3.17. The predicted octanol–water partition coefficient (Wildman–Crippen LogP) is 3.40. The molecule has 0 spiro atoms. The van der Waals surface area contributed by atoms with Gasteiger partial charge < -0.3 is 9.64 Å². The van der Waals surface area contributed by atoms with Crippen LogP contribution in [0.5, 0.6) is 0 Å². The molecule has 3 heterocycles. The zero-order valence-electron chi connectivity index (χ0n) is 19.1. The molecule has 2 aromatic rings. The van der Waals surface area contributed by atoms with Gasteiger partial charge in [0.15, 0.2) is 10.7 Å². The topological polar surface area (TPSA) is 74.8 Å². The number of benzene rings is 1. The molecule has 2 aliphatic rings. The molecule has 1 aromatic carbocycles. The van der Waals surface area contributed by atoms with Gasteiger partial charge in [-0.1, -0.05) is 6.07 Å². The third-order valence-corrected chi connectivity index (χ3v) is 7.95. The molecule has 35 heavy (non-hydrogen) atoms. The van der Waals surface area contributed by atoms with Gasteiger partial charge in [0.05, 0.1) is 5.60 Å². The van der Waals surface area contributed by atoms with Gasteiger partial charge in [0, 0.05) is 57.0 Å². The number of anilines is 2. The van der Waals surface area contributed by atoms with Crippen LogP contribution in [-0.4, -0.2) is 70.2 Å². The molecular weight excluding hydrogens is 495 g/mol. The van der Waals surface area contributed by atoms with E-state index >= 15 is 4.39 Å². The summed E-state index contributed by atoms with van der Waals surface area (Å²) in [5.74, 6) is -4.64. The van der Waals surface area contributed by atoms with Crippen LogP contribution in [0.4, 0.5) is 33.5 Å². The van der Waals surface area contributed by atoms with Crippen molar-refractivity contribution in [3.05, 3.63) is 47.4 Å². The molecule has 2 aliphatic heterocycles. The smallest absolute Gasteiger partial charge is 0.268 e. The summed E-state index contributed by atoms with van der Waals surface area (Å²) in [6.45, 7) is 2.85. The van der Waals surface area contributed by atoms with Crippen LogP contribution in [-0.2, 0) is 14.8 Å². The Morgan fingerprint density at radius 3 is 2.60 bits per heavy atom. The Kier molecular flexibility index (Phi) is 6.95. The fourth-order valence-corrected chi connectivity index (χ4v) is 5.82. The average molecular weight is 521 g/mol. The Hall–Kier alpha value is -2.51. The SMILES string of the molecule is CO[C@@]1(CN2CC(C(F)F)C2)CCN(c2cc(F)c(S(=O)(=O)Nc3cccc(F)n3)c(F)c2C)C1.